The van der Waals surface area contributed by atoms with Crippen LogP contribution in [0.4, 0.5) is 0 Å². The topological polar surface area (TPSA) is 76.1 Å². The number of esters is 2. The summed E-state index contributed by atoms with van der Waals surface area (Å²) >= 11 is 0. The lowest BCUT2D eigenvalue weighted by Gasteiger charge is -2.37. The van der Waals surface area contributed by atoms with Crippen LogP contribution in [0.2, 0.25) is 0 Å². The molecule has 276 valence electrons. The maximum Gasteiger partial charge on any atom is 0.306 e. The molecule has 0 aromatic rings. The third-order valence-electron chi connectivity index (χ3n) is 11.1. The summed E-state index contributed by atoms with van der Waals surface area (Å²) in [5.74, 6) is 1.66. The molecular weight excluding hydrogens is 586 g/mol. The number of aliphatic hydroxyl groups excluding tert-OH is 1. The second-order valence-corrected chi connectivity index (χ2v) is 15.5. The van der Waals surface area contributed by atoms with E-state index in [2.05, 4.69) is 18.7 Å². The van der Waals surface area contributed by atoms with Crippen molar-refractivity contribution >= 4 is 11.9 Å². The van der Waals surface area contributed by atoms with E-state index in [1.165, 1.54) is 122 Å². The fourth-order valence-corrected chi connectivity index (χ4v) is 8.13. The highest BCUT2D eigenvalue weighted by Gasteiger charge is 2.51. The van der Waals surface area contributed by atoms with Gasteiger partial charge in [-0.3, -0.25) is 9.59 Å². The van der Waals surface area contributed by atoms with E-state index in [0.29, 0.717) is 37.4 Å². The van der Waals surface area contributed by atoms with Crippen LogP contribution < -0.4 is 0 Å². The minimum absolute atomic E-state index is 0.00479. The minimum Gasteiger partial charge on any atom is -0.466 e. The van der Waals surface area contributed by atoms with Crippen LogP contribution in [0.3, 0.4) is 0 Å². The van der Waals surface area contributed by atoms with Crippen molar-refractivity contribution in [2.45, 2.75) is 194 Å². The summed E-state index contributed by atoms with van der Waals surface area (Å²) in [4.78, 5) is 27.1. The summed E-state index contributed by atoms with van der Waals surface area (Å²) < 4.78 is 11.2. The van der Waals surface area contributed by atoms with E-state index in [1.54, 1.807) is 0 Å². The SMILES string of the molecule is CCCCCC(CCCCC)CCOC(=O)CCCCCCCN(CCCCO)CCCCCCCCOC(=O)CC12CCC(C1)C2. The molecule has 0 aromatic heterocycles. The molecule has 0 amide bonds. The monoisotopic (exact) mass is 664 g/mol. The molecule has 47 heavy (non-hydrogen) atoms. The van der Waals surface area contributed by atoms with Gasteiger partial charge in [0.1, 0.15) is 0 Å². The zero-order valence-electron chi connectivity index (χ0n) is 31.2. The molecule has 2 bridgehead atoms. The maximum absolute atomic E-state index is 12.3. The molecule has 3 aliphatic carbocycles. The summed E-state index contributed by atoms with van der Waals surface area (Å²) in [5.41, 5.74) is 0.329. The first-order chi connectivity index (χ1) is 23.0. The average molecular weight is 664 g/mol. The second kappa shape index (κ2) is 27.7. The molecule has 3 fully saturated rings. The van der Waals surface area contributed by atoms with Crippen LogP contribution in [-0.4, -0.2) is 61.4 Å². The number of ether oxygens (including phenoxy) is 2. The van der Waals surface area contributed by atoms with Gasteiger partial charge in [-0.05, 0) is 108 Å². The number of rotatable bonds is 34. The van der Waals surface area contributed by atoms with Crippen molar-refractivity contribution < 1.29 is 24.2 Å². The average Bonchev–Trinajstić information content (AvgIpc) is 3.64. The third-order valence-corrected chi connectivity index (χ3v) is 11.1. The fourth-order valence-electron chi connectivity index (χ4n) is 8.13. The van der Waals surface area contributed by atoms with Gasteiger partial charge in [0.15, 0.2) is 0 Å². The number of carbonyl (C=O) groups is 2. The Balaban J connectivity index is 1.43. The van der Waals surface area contributed by atoms with Gasteiger partial charge in [0.05, 0.1) is 19.6 Å². The Kier molecular flexibility index (Phi) is 24.7. The van der Waals surface area contributed by atoms with Crippen LogP contribution in [0.15, 0.2) is 0 Å². The number of carbonyl (C=O) groups excluding carboxylic acids is 2. The Morgan fingerprint density at radius 1 is 0.660 bits per heavy atom. The van der Waals surface area contributed by atoms with E-state index in [9.17, 15) is 14.7 Å². The fraction of sp³-hybridized carbons (Fsp3) is 0.951. The second-order valence-electron chi connectivity index (χ2n) is 15.5. The molecule has 6 nitrogen and oxygen atoms in total. The summed E-state index contributed by atoms with van der Waals surface area (Å²) in [5, 5.41) is 9.23. The van der Waals surface area contributed by atoms with E-state index in [0.717, 1.165) is 70.5 Å². The van der Waals surface area contributed by atoms with Crippen LogP contribution in [-0.2, 0) is 19.1 Å². The molecule has 0 saturated heterocycles. The van der Waals surface area contributed by atoms with Crippen molar-refractivity contribution in [2.24, 2.45) is 17.3 Å². The molecule has 3 rings (SSSR count). The number of fused-ring (bicyclic) bond motifs is 1. The van der Waals surface area contributed by atoms with Crippen LogP contribution >= 0.6 is 0 Å². The molecule has 3 saturated carbocycles. The van der Waals surface area contributed by atoms with E-state index in [1.807, 2.05) is 0 Å². The summed E-state index contributed by atoms with van der Waals surface area (Å²) in [7, 11) is 0. The smallest absolute Gasteiger partial charge is 0.306 e. The van der Waals surface area contributed by atoms with Crippen molar-refractivity contribution in [3.8, 4) is 0 Å². The number of aliphatic hydroxyl groups is 1. The Morgan fingerprint density at radius 3 is 1.79 bits per heavy atom. The Labute approximate surface area is 290 Å². The number of hydrogen-bond donors (Lipinski definition) is 1. The molecule has 0 heterocycles. The highest BCUT2D eigenvalue weighted by molar-refractivity contribution is 5.70. The van der Waals surface area contributed by atoms with Gasteiger partial charge in [0.2, 0.25) is 0 Å². The molecule has 0 radical (unpaired) electrons. The molecule has 0 aliphatic heterocycles. The predicted molar refractivity (Wildman–Crippen MR) is 195 cm³/mol. The Morgan fingerprint density at radius 2 is 1.21 bits per heavy atom. The Bertz CT molecular complexity index is 751. The number of unbranched alkanes of at least 4 members (excludes halogenated alkanes) is 14. The van der Waals surface area contributed by atoms with E-state index in [-0.39, 0.29) is 18.5 Å². The molecule has 1 N–H and O–H groups in total. The minimum atomic E-state index is -0.00479. The predicted octanol–water partition coefficient (Wildman–Crippen LogP) is 10.6. The molecule has 0 aromatic carbocycles. The van der Waals surface area contributed by atoms with Gasteiger partial charge < -0.3 is 19.5 Å². The van der Waals surface area contributed by atoms with Gasteiger partial charge >= 0.3 is 11.9 Å². The molecule has 0 spiro atoms. The van der Waals surface area contributed by atoms with E-state index >= 15 is 0 Å². The van der Waals surface area contributed by atoms with Crippen LogP contribution in [0, 0.1) is 17.3 Å². The summed E-state index contributed by atoms with van der Waals surface area (Å²) in [6.45, 7) is 9.37. The third kappa shape index (κ3) is 20.9. The van der Waals surface area contributed by atoms with Gasteiger partial charge in [-0.1, -0.05) is 110 Å². The van der Waals surface area contributed by atoms with E-state index in [4.69, 9.17) is 9.47 Å². The van der Waals surface area contributed by atoms with Gasteiger partial charge in [0, 0.05) is 13.0 Å². The standard InChI is InChI=1S/C41H77NO5/c1-3-5-14-22-37(23-15-6-4-2)26-33-47-39(44)24-16-10-9-12-18-29-42(30-19-20-31-43)28-17-11-7-8-13-21-32-46-40(45)36-41-27-25-38(34-41)35-41/h37-38,43H,3-36H2,1-2H3. The molecule has 0 atom stereocenters. The van der Waals surface area contributed by atoms with Gasteiger partial charge in [-0.25, -0.2) is 0 Å². The quantitative estimate of drug-likeness (QED) is 0.0545. The first-order valence-electron chi connectivity index (χ1n) is 20.6. The van der Waals surface area contributed by atoms with Crippen LogP contribution in [0.5, 0.6) is 0 Å². The van der Waals surface area contributed by atoms with Crippen LogP contribution in [0.1, 0.15) is 194 Å². The molecule has 3 aliphatic rings. The van der Waals surface area contributed by atoms with E-state index < -0.39 is 0 Å². The maximum atomic E-state index is 12.3. The molecular formula is C41H77NO5. The molecule has 0 unspecified atom stereocenters. The van der Waals surface area contributed by atoms with Gasteiger partial charge in [-0.15, -0.1) is 0 Å². The van der Waals surface area contributed by atoms with Crippen molar-refractivity contribution in [1.82, 2.24) is 4.90 Å². The highest BCUT2D eigenvalue weighted by Crippen LogP contribution is 2.60. The van der Waals surface area contributed by atoms with Crippen molar-refractivity contribution in [2.75, 3.05) is 39.5 Å². The van der Waals surface area contributed by atoms with Gasteiger partial charge in [0.25, 0.3) is 0 Å². The van der Waals surface area contributed by atoms with Crippen molar-refractivity contribution in [3.05, 3.63) is 0 Å². The molecule has 6 heteroatoms. The zero-order valence-corrected chi connectivity index (χ0v) is 31.2. The normalized spacial score (nSPS) is 18.6. The number of hydrogen-bond acceptors (Lipinski definition) is 6. The lowest BCUT2D eigenvalue weighted by atomic mass is 9.68. The lowest BCUT2D eigenvalue weighted by molar-refractivity contribution is -0.148. The first-order valence-corrected chi connectivity index (χ1v) is 20.6. The summed E-state index contributed by atoms with van der Waals surface area (Å²) in [6, 6.07) is 0. The number of nitrogens with zero attached hydrogens (tertiary/aromatic N) is 1. The first kappa shape index (κ1) is 42.0. The zero-order chi connectivity index (χ0) is 33.8. The Hall–Kier alpha value is -1.14. The van der Waals surface area contributed by atoms with Crippen molar-refractivity contribution in [3.63, 3.8) is 0 Å². The van der Waals surface area contributed by atoms with Crippen molar-refractivity contribution in [1.29, 1.82) is 0 Å². The largest absolute Gasteiger partial charge is 0.466 e. The lowest BCUT2D eigenvalue weighted by Crippen LogP contribution is -2.31. The van der Waals surface area contributed by atoms with Crippen LogP contribution in [0.25, 0.3) is 0 Å². The summed E-state index contributed by atoms with van der Waals surface area (Å²) in [6.07, 6.45) is 32.4. The van der Waals surface area contributed by atoms with Gasteiger partial charge in [-0.2, -0.15) is 0 Å². The highest BCUT2D eigenvalue weighted by atomic mass is 16.5.